The van der Waals surface area contributed by atoms with Crippen LogP contribution in [0, 0.1) is 0 Å². The van der Waals surface area contributed by atoms with Crippen LogP contribution in [0.4, 0.5) is 0 Å². The highest BCUT2D eigenvalue weighted by atomic mass is 16.5. The van der Waals surface area contributed by atoms with Gasteiger partial charge < -0.3 is 9.64 Å². The molecule has 0 aliphatic heterocycles. The van der Waals surface area contributed by atoms with Crippen LogP contribution in [0.5, 0.6) is 5.75 Å². The van der Waals surface area contributed by atoms with Gasteiger partial charge in [-0.2, -0.15) is 5.10 Å². The molecule has 0 bridgehead atoms. The van der Waals surface area contributed by atoms with Crippen LogP contribution in [0.25, 0.3) is 10.8 Å². The highest BCUT2D eigenvalue weighted by Crippen LogP contribution is 2.16. The summed E-state index contributed by atoms with van der Waals surface area (Å²) < 4.78 is 6.73. The van der Waals surface area contributed by atoms with E-state index in [0.717, 1.165) is 35.9 Å². The lowest BCUT2D eigenvalue weighted by molar-refractivity contribution is 0.368. The number of hydrogen-bond donors (Lipinski definition) is 0. The van der Waals surface area contributed by atoms with Gasteiger partial charge in [-0.3, -0.25) is 4.79 Å². The van der Waals surface area contributed by atoms with Crippen molar-refractivity contribution in [2.75, 3.05) is 27.7 Å². The fraction of sp³-hybridized carbons (Fsp3) is 0.333. The van der Waals surface area contributed by atoms with E-state index in [-0.39, 0.29) is 5.56 Å². The van der Waals surface area contributed by atoms with Crippen molar-refractivity contribution in [1.82, 2.24) is 14.7 Å². The molecule has 0 amide bonds. The summed E-state index contributed by atoms with van der Waals surface area (Å²) in [4.78, 5) is 14.6. The molecule has 2 aromatic carbocycles. The molecule has 0 spiro atoms. The van der Waals surface area contributed by atoms with Gasteiger partial charge in [0, 0.05) is 11.9 Å². The number of likely N-dealkylation sites (N-methyl/N-ethyl adjacent to an activating group) is 1. The van der Waals surface area contributed by atoms with Gasteiger partial charge in [-0.1, -0.05) is 18.2 Å². The van der Waals surface area contributed by atoms with Crippen LogP contribution >= 0.6 is 0 Å². The second-order valence-corrected chi connectivity index (χ2v) is 6.75. The first-order valence-electron chi connectivity index (χ1n) is 8.83. The molecular formula is C21H25N3O2. The summed E-state index contributed by atoms with van der Waals surface area (Å²) in [5, 5.41) is 5.96. The number of rotatable bonds is 7. The van der Waals surface area contributed by atoms with Crippen molar-refractivity contribution in [3.05, 3.63) is 70.1 Å². The van der Waals surface area contributed by atoms with E-state index in [0.29, 0.717) is 6.54 Å². The fourth-order valence-corrected chi connectivity index (χ4v) is 2.93. The quantitative estimate of drug-likeness (QED) is 0.657. The van der Waals surface area contributed by atoms with Gasteiger partial charge in [-0.15, -0.1) is 0 Å². The Morgan fingerprint density at radius 2 is 1.73 bits per heavy atom. The van der Waals surface area contributed by atoms with Gasteiger partial charge in [0.05, 0.1) is 25.2 Å². The molecule has 0 aliphatic rings. The molecule has 136 valence electrons. The molecule has 1 aromatic heterocycles. The third-order valence-corrected chi connectivity index (χ3v) is 4.54. The van der Waals surface area contributed by atoms with Gasteiger partial charge in [0.15, 0.2) is 0 Å². The van der Waals surface area contributed by atoms with Crippen molar-refractivity contribution in [3.63, 3.8) is 0 Å². The lowest BCUT2D eigenvalue weighted by atomic mass is 10.0. The number of aromatic nitrogens is 2. The Balaban J connectivity index is 1.74. The molecule has 0 atom stereocenters. The summed E-state index contributed by atoms with van der Waals surface area (Å²) in [7, 11) is 5.65. The summed E-state index contributed by atoms with van der Waals surface area (Å²) in [5.74, 6) is 0.871. The van der Waals surface area contributed by atoms with Gasteiger partial charge >= 0.3 is 0 Å². The average molecular weight is 351 g/mol. The number of aryl methyl sites for hydroxylation is 2. The molecule has 3 rings (SSSR count). The standard InChI is InChI=1S/C21H25N3O2/c1-23(2)12-13-24-21(25)20-11-8-17(14-18(20)15-22-24)5-4-16-6-9-19(26-3)10-7-16/h6-11,14-15H,4-5,12-13H2,1-3H3. The Bertz CT molecular complexity index is 930. The van der Waals surface area contributed by atoms with E-state index in [1.54, 1.807) is 18.0 Å². The number of methoxy groups -OCH3 is 1. The fourth-order valence-electron chi connectivity index (χ4n) is 2.93. The van der Waals surface area contributed by atoms with Crippen LogP contribution in [0.3, 0.4) is 0 Å². The summed E-state index contributed by atoms with van der Waals surface area (Å²) in [6.45, 7) is 1.39. The van der Waals surface area contributed by atoms with Gasteiger partial charge in [-0.05, 0) is 62.3 Å². The Labute approximate surface area is 153 Å². The molecule has 5 nitrogen and oxygen atoms in total. The average Bonchev–Trinajstić information content (AvgIpc) is 2.66. The van der Waals surface area contributed by atoms with Crippen LogP contribution in [-0.2, 0) is 19.4 Å². The van der Waals surface area contributed by atoms with E-state index in [2.05, 4.69) is 23.3 Å². The van der Waals surface area contributed by atoms with E-state index in [1.807, 2.05) is 43.3 Å². The van der Waals surface area contributed by atoms with E-state index < -0.39 is 0 Å². The lowest BCUT2D eigenvalue weighted by Gasteiger charge is -2.11. The number of ether oxygens (including phenoxy) is 1. The molecule has 3 aromatic rings. The highest BCUT2D eigenvalue weighted by Gasteiger charge is 2.06. The molecule has 0 saturated carbocycles. The van der Waals surface area contributed by atoms with Gasteiger partial charge in [0.1, 0.15) is 5.75 Å². The number of hydrogen-bond acceptors (Lipinski definition) is 4. The Kier molecular flexibility index (Phi) is 5.68. The Morgan fingerprint density at radius 3 is 2.42 bits per heavy atom. The highest BCUT2D eigenvalue weighted by molar-refractivity contribution is 5.81. The lowest BCUT2D eigenvalue weighted by Crippen LogP contribution is -2.28. The van der Waals surface area contributed by atoms with Crippen LogP contribution in [-0.4, -0.2) is 42.4 Å². The predicted octanol–water partition coefficient (Wildman–Crippen LogP) is 2.75. The zero-order valence-electron chi connectivity index (χ0n) is 15.6. The summed E-state index contributed by atoms with van der Waals surface area (Å²) in [6.07, 6.45) is 3.66. The van der Waals surface area contributed by atoms with Crippen molar-refractivity contribution in [3.8, 4) is 5.75 Å². The number of benzene rings is 2. The summed E-state index contributed by atoms with van der Waals surface area (Å²) in [6, 6.07) is 14.2. The van der Waals surface area contributed by atoms with E-state index in [9.17, 15) is 4.79 Å². The second kappa shape index (κ2) is 8.15. The maximum Gasteiger partial charge on any atom is 0.274 e. The third-order valence-electron chi connectivity index (χ3n) is 4.54. The van der Waals surface area contributed by atoms with Crippen LogP contribution in [0.15, 0.2) is 53.5 Å². The monoisotopic (exact) mass is 351 g/mol. The van der Waals surface area contributed by atoms with Crippen molar-refractivity contribution >= 4 is 10.8 Å². The van der Waals surface area contributed by atoms with E-state index in [1.165, 1.54) is 11.1 Å². The minimum absolute atomic E-state index is 0.0222. The molecule has 0 fully saturated rings. The zero-order valence-corrected chi connectivity index (χ0v) is 15.6. The van der Waals surface area contributed by atoms with Gasteiger partial charge in [0.25, 0.3) is 5.56 Å². The number of nitrogens with zero attached hydrogens (tertiary/aromatic N) is 3. The maximum atomic E-state index is 12.6. The SMILES string of the molecule is COc1ccc(CCc2ccc3c(=O)n(CCN(C)C)ncc3c2)cc1. The third kappa shape index (κ3) is 4.29. The first-order valence-corrected chi connectivity index (χ1v) is 8.83. The predicted molar refractivity (Wildman–Crippen MR) is 105 cm³/mol. The maximum absolute atomic E-state index is 12.6. The van der Waals surface area contributed by atoms with Crippen molar-refractivity contribution in [1.29, 1.82) is 0 Å². The molecule has 1 heterocycles. The zero-order chi connectivity index (χ0) is 18.5. The van der Waals surface area contributed by atoms with Crippen molar-refractivity contribution in [2.24, 2.45) is 0 Å². The van der Waals surface area contributed by atoms with Gasteiger partial charge in [-0.25, -0.2) is 4.68 Å². The normalized spacial score (nSPS) is 11.2. The van der Waals surface area contributed by atoms with Crippen molar-refractivity contribution < 1.29 is 4.74 Å². The molecule has 26 heavy (non-hydrogen) atoms. The van der Waals surface area contributed by atoms with Crippen molar-refractivity contribution in [2.45, 2.75) is 19.4 Å². The smallest absolute Gasteiger partial charge is 0.274 e. The molecule has 0 unspecified atom stereocenters. The van der Waals surface area contributed by atoms with Crippen LogP contribution < -0.4 is 10.3 Å². The van der Waals surface area contributed by atoms with Crippen LogP contribution in [0.1, 0.15) is 11.1 Å². The summed E-state index contributed by atoms with van der Waals surface area (Å²) in [5.41, 5.74) is 2.45. The van der Waals surface area contributed by atoms with Gasteiger partial charge in [0.2, 0.25) is 0 Å². The molecule has 0 saturated heterocycles. The summed E-state index contributed by atoms with van der Waals surface area (Å²) >= 11 is 0. The van der Waals surface area contributed by atoms with E-state index >= 15 is 0 Å². The molecule has 0 radical (unpaired) electrons. The molecule has 5 heteroatoms. The first kappa shape index (κ1) is 18.1. The largest absolute Gasteiger partial charge is 0.497 e. The Morgan fingerprint density at radius 1 is 1.04 bits per heavy atom. The first-order chi connectivity index (χ1) is 12.6. The minimum atomic E-state index is -0.0222. The minimum Gasteiger partial charge on any atom is -0.497 e. The molecule has 0 N–H and O–H groups in total. The van der Waals surface area contributed by atoms with Crippen LogP contribution in [0.2, 0.25) is 0 Å². The topological polar surface area (TPSA) is 47.4 Å². The molecular weight excluding hydrogens is 326 g/mol. The van der Waals surface area contributed by atoms with E-state index in [4.69, 9.17) is 4.74 Å². The Hall–Kier alpha value is -2.66. The second-order valence-electron chi connectivity index (χ2n) is 6.75. The number of fused-ring (bicyclic) bond motifs is 1. The molecule has 0 aliphatic carbocycles.